The highest BCUT2D eigenvalue weighted by Crippen LogP contribution is 2.52. The minimum atomic E-state index is -4.58. The van der Waals surface area contributed by atoms with E-state index in [4.69, 9.17) is 21.1 Å². The summed E-state index contributed by atoms with van der Waals surface area (Å²) < 4.78 is 52.8. The zero-order chi connectivity index (χ0) is 23.6. The molecular formula is C23H25ClF3N3O3. The summed E-state index contributed by atoms with van der Waals surface area (Å²) in [7, 11) is 0. The second-order valence-electron chi connectivity index (χ2n) is 8.31. The van der Waals surface area contributed by atoms with E-state index in [0.717, 1.165) is 6.42 Å². The van der Waals surface area contributed by atoms with E-state index >= 15 is 0 Å². The number of piperidine rings is 1. The molecule has 3 unspecified atom stereocenters. The van der Waals surface area contributed by atoms with Crippen molar-refractivity contribution in [3.63, 3.8) is 0 Å². The maximum atomic E-state index is 13.9. The van der Waals surface area contributed by atoms with Crippen molar-refractivity contribution in [3.8, 4) is 5.75 Å². The van der Waals surface area contributed by atoms with Crippen LogP contribution in [0.2, 0.25) is 5.02 Å². The summed E-state index contributed by atoms with van der Waals surface area (Å²) in [6.07, 6.45) is -4.11. The molecule has 0 aliphatic carbocycles. The van der Waals surface area contributed by atoms with Crippen LogP contribution in [0.4, 0.5) is 23.7 Å². The van der Waals surface area contributed by atoms with Gasteiger partial charge in [-0.1, -0.05) is 29.8 Å². The Hall–Kier alpha value is -2.49. The Morgan fingerprint density at radius 3 is 2.52 bits per heavy atom. The summed E-state index contributed by atoms with van der Waals surface area (Å²) in [5.74, 6) is 0.0750. The van der Waals surface area contributed by atoms with Crippen LogP contribution in [0.15, 0.2) is 48.5 Å². The molecule has 2 heterocycles. The molecule has 6 nitrogen and oxygen atoms in total. The summed E-state index contributed by atoms with van der Waals surface area (Å²) in [5, 5.41) is 9.38. The Bertz CT molecular complexity index is 983. The standard InChI is InChI=1S/C23H25ClF3N3O3/c1-14-6-11-18(30-21(31)29-16-9-7-15(24)8-10-16)20(28-14)33-19-5-3-2-4-17(19)22(12-13-32-22)23(25,26)27/h2-5,7-10,14,18,20,28H,6,11-13H2,1H3,(H2,29,30,31)/t14?,18?,20?,22-/m1/s1. The Morgan fingerprint density at radius 2 is 1.88 bits per heavy atom. The number of ether oxygens (including phenoxy) is 2. The van der Waals surface area contributed by atoms with E-state index < -0.39 is 30.1 Å². The maximum Gasteiger partial charge on any atom is 0.421 e. The van der Waals surface area contributed by atoms with E-state index in [1.165, 1.54) is 18.2 Å². The van der Waals surface area contributed by atoms with Crippen molar-refractivity contribution in [1.29, 1.82) is 0 Å². The minimum Gasteiger partial charge on any atom is -0.473 e. The maximum absolute atomic E-state index is 13.9. The summed E-state index contributed by atoms with van der Waals surface area (Å²) in [5.41, 5.74) is -1.88. The van der Waals surface area contributed by atoms with Crippen molar-refractivity contribution in [2.45, 2.75) is 56.3 Å². The van der Waals surface area contributed by atoms with Gasteiger partial charge in [-0.25, -0.2) is 4.79 Å². The van der Waals surface area contributed by atoms with E-state index in [0.29, 0.717) is 17.1 Å². The predicted octanol–water partition coefficient (Wildman–Crippen LogP) is 5.19. The zero-order valence-corrected chi connectivity index (χ0v) is 18.7. The molecule has 10 heteroatoms. The second-order valence-corrected chi connectivity index (χ2v) is 8.75. The average Bonchev–Trinajstić information content (AvgIpc) is 2.71. The predicted molar refractivity (Wildman–Crippen MR) is 118 cm³/mol. The first-order valence-corrected chi connectivity index (χ1v) is 11.1. The first kappa shape index (κ1) is 23.7. The third-order valence-electron chi connectivity index (χ3n) is 5.98. The van der Waals surface area contributed by atoms with Crippen molar-refractivity contribution in [2.75, 3.05) is 11.9 Å². The van der Waals surface area contributed by atoms with Crippen LogP contribution in [-0.2, 0) is 10.3 Å². The van der Waals surface area contributed by atoms with Gasteiger partial charge in [0.05, 0.1) is 12.6 Å². The Labute approximate surface area is 194 Å². The number of alkyl halides is 3. The monoisotopic (exact) mass is 483 g/mol. The molecule has 178 valence electrons. The molecule has 4 rings (SSSR count). The quantitative estimate of drug-likeness (QED) is 0.547. The van der Waals surface area contributed by atoms with Crippen molar-refractivity contribution in [3.05, 3.63) is 59.1 Å². The molecule has 0 spiro atoms. The van der Waals surface area contributed by atoms with Crippen molar-refractivity contribution < 1.29 is 27.4 Å². The van der Waals surface area contributed by atoms with Crippen LogP contribution in [0.3, 0.4) is 0 Å². The fraction of sp³-hybridized carbons (Fsp3) is 0.435. The number of para-hydroxylation sites is 1. The molecule has 2 aromatic carbocycles. The summed E-state index contributed by atoms with van der Waals surface area (Å²) in [6.45, 7) is 1.99. The lowest BCUT2D eigenvalue weighted by atomic mass is 9.85. The lowest BCUT2D eigenvalue weighted by Gasteiger charge is -2.44. The van der Waals surface area contributed by atoms with E-state index in [1.807, 2.05) is 6.92 Å². The zero-order valence-electron chi connectivity index (χ0n) is 17.9. The van der Waals surface area contributed by atoms with E-state index in [9.17, 15) is 18.0 Å². The molecule has 33 heavy (non-hydrogen) atoms. The third-order valence-corrected chi connectivity index (χ3v) is 6.23. The molecule has 2 aliphatic heterocycles. The number of urea groups is 1. The SMILES string of the molecule is CC1CCC(NC(=O)Nc2ccc(Cl)cc2)C(Oc2ccccc2[C@@]2(C(F)(F)F)CCO2)N1. The van der Waals surface area contributed by atoms with E-state index in [2.05, 4.69) is 16.0 Å². The van der Waals surface area contributed by atoms with Crippen LogP contribution >= 0.6 is 11.6 Å². The fourth-order valence-electron chi connectivity index (χ4n) is 4.13. The van der Waals surface area contributed by atoms with E-state index in [1.54, 1.807) is 30.3 Å². The molecule has 2 aliphatic rings. The van der Waals surface area contributed by atoms with Crippen LogP contribution in [0, 0.1) is 0 Å². The van der Waals surface area contributed by atoms with Crippen LogP contribution in [0.1, 0.15) is 31.7 Å². The molecule has 2 aromatic rings. The minimum absolute atomic E-state index is 0.0294. The summed E-state index contributed by atoms with van der Waals surface area (Å²) in [6, 6.07) is 11.8. The molecule has 0 bridgehead atoms. The van der Waals surface area contributed by atoms with Gasteiger partial charge in [0, 0.05) is 28.7 Å². The second kappa shape index (κ2) is 9.40. The van der Waals surface area contributed by atoms with Gasteiger partial charge in [-0.2, -0.15) is 13.2 Å². The normalized spacial score (nSPS) is 27.4. The average molecular weight is 484 g/mol. The van der Waals surface area contributed by atoms with Crippen LogP contribution in [0.5, 0.6) is 5.75 Å². The Kier molecular flexibility index (Phi) is 6.74. The molecular weight excluding hydrogens is 459 g/mol. The lowest BCUT2D eigenvalue weighted by molar-refractivity contribution is -0.334. The van der Waals surface area contributed by atoms with Gasteiger partial charge in [0.1, 0.15) is 5.75 Å². The molecule has 2 amide bonds. The topological polar surface area (TPSA) is 71.6 Å². The number of carbonyl (C=O) groups is 1. The van der Waals surface area contributed by atoms with Crippen molar-refractivity contribution >= 4 is 23.3 Å². The van der Waals surface area contributed by atoms with Gasteiger partial charge in [0.25, 0.3) is 0 Å². The molecule has 2 fully saturated rings. The number of hydrogen-bond donors (Lipinski definition) is 3. The van der Waals surface area contributed by atoms with Gasteiger partial charge in [0.15, 0.2) is 11.8 Å². The number of carbonyl (C=O) groups excluding carboxylic acids is 1. The number of anilines is 1. The molecule has 0 radical (unpaired) electrons. The van der Waals surface area contributed by atoms with Gasteiger partial charge in [0.2, 0.25) is 0 Å². The number of benzene rings is 2. The van der Waals surface area contributed by atoms with Crippen molar-refractivity contribution in [1.82, 2.24) is 10.6 Å². The number of halogens is 4. The number of amides is 2. The number of hydrogen-bond acceptors (Lipinski definition) is 4. The van der Waals surface area contributed by atoms with Gasteiger partial charge in [-0.05, 0) is 50.1 Å². The highest BCUT2D eigenvalue weighted by atomic mass is 35.5. The number of nitrogens with one attached hydrogen (secondary N) is 3. The summed E-state index contributed by atoms with van der Waals surface area (Å²) in [4.78, 5) is 12.6. The lowest BCUT2D eigenvalue weighted by Crippen LogP contribution is -2.59. The Morgan fingerprint density at radius 1 is 1.18 bits per heavy atom. The van der Waals surface area contributed by atoms with Gasteiger partial charge in [-0.3, -0.25) is 5.32 Å². The van der Waals surface area contributed by atoms with E-state index in [-0.39, 0.29) is 30.4 Å². The fourth-order valence-corrected chi connectivity index (χ4v) is 4.25. The molecule has 0 saturated carbocycles. The van der Waals surface area contributed by atoms with Crippen molar-refractivity contribution in [2.24, 2.45) is 0 Å². The highest BCUT2D eigenvalue weighted by molar-refractivity contribution is 6.30. The summed E-state index contributed by atoms with van der Waals surface area (Å²) >= 11 is 5.87. The molecule has 2 saturated heterocycles. The van der Waals surface area contributed by atoms with Gasteiger partial charge >= 0.3 is 12.2 Å². The smallest absolute Gasteiger partial charge is 0.421 e. The van der Waals surface area contributed by atoms with Crippen LogP contribution < -0.4 is 20.7 Å². The highest BCUT2D eigenvalue weighted by Gasteiger charge is 2.62. The van der Waals surface area contributed by atoms with Gasteiger partial charge in [-0.15, -0.1) is 0 Å². The molecule has 3 N–H and O–H groups in total. The molecule has 4 atom stereocenters. The van der Waals surface area contributed by atoms with Crippen LogP contribution in [-0.4, -0.2) is 37.1 Å². The third kappa shape index (κ3) is 5.05. The Balaban J connectivity index is 1.51. The number of rotatable bonds is 5. The first-order valence-electron chi connectivity index (χ1n) is 10.7. The van der Waals surface area contributed by atoms with Gasteiger partial charge < -0.3 is 20.1 Å². The van der Waals surface area contributed by atoms with Crippen LogP contribution in [0.25, 0.3) is 0 Å². The first-order chi connectivity index (χ1) is 15.7. The molecule has 0 aromatic heterocycles. The largest absolute Gasteiger partial charge is 0.473 e.